The standard InChI is InChI=1S/C23H22F3N3O3/c1-15(28-13-17-4-9-20(10-5-17)32-23(24,25)26)12-16-2-7-19(8-3-16)31-21-11-6-18(14-29-21)22(27)30/h2-11,14-15,28H,12-13H2,1H3,(H2,27,30). The van der Waals surface area contributed by atoms with E-state index in [0.29, 0.717) is 23.7 Å². The van der Waals surface area contributed by atoms with E-state index in [1.165, 1.54) is 18.3 Å². The molecule has 32 heavy (non-hydrogen) atoms. The molecule has 3 rings (SSSR count). The summed E-state index contributed by atoms with van der Waals surface area (Å²) < 4.78 is 46.2. The number of carbonyl (C=O) groups is 1. The maximum atomic E-state index is 12.2. The van der Waals surface area contributed by atoms with E-state index in [4.69, 9.17) is 10.5 Å². The third kappa shape index (κ3) is 7.28. The average Bonchev–Trinajstić information content (AvgIpc) is 2.74. The molecule has 0 fully saturated rings. The van der Waals surface area contributed by atoms with Crippen molar-refractivity contribution in [2.45, 2.75) is 32.3 Å². The number of alkyl halides is 3. The molecule has 1 atom stereocenters. The lowest BCUT2D eigenvalue weighted by Crippen LogP contribution is -2.27. The molecule has 0 radical (unpaired) electrons. The lowest BCUT2D eigenvalue weighted by atomic mass is 10.1. The Morgan fingerprint density at radius 3 is 2.19 bits per heavy atom. The number of halogens is 3. The van der Waals surface area contributed by atoms with Crippen molar-refractivity contribution in [3.8, 4) is 17.4 Å². The maximum Gasteiger partial charge on any atom is 0.573 e. The van der Waals surface area contributed by atoms with E-state index < -0.39 is 12.3 Å². The fourth-order valence-electron chi connectivity index (χ4n) is 2.93. The molecule has 1 unspecified atom stereocenters. The minimum absolute atomic E-state index is 0.135. The molecular weight excluding hydrogens is 423 g/mol. The van der Waals surface area contributed by atoms with Crippen molar-refractivity contribution >= 4 is 5.91 Å². The highest BCUT2D eigenvalue weighted by molar-refractivity contribution is 5.92. The Morgan fingerprint density at radius 2 is 1.62 bits per heavy atom. The Bertz CT molecular complexity index is 1020. The summed E-state index contributed by atoms with van der Waals surface area (Å²) in [5, 5.41) is 3.34. The number of ether oxygens (including phenoxy) is 2. The summed E-state index contributed by atoms with van der Waals surface area (Å²) in [4.78, 5) is 15.1. The number of rotatable bonds is 9. The average molecular weight is 445 g/mol. The lowest BCUT2D eigenvalue weighted by molar-refractivity contribution is -0.274. The number of benzene rings is 2. The second-order valence-corrected chi connectivity index (χ2v) is 7.17. The van der Waals surface area contributed by atoms with Crippen LogP contribution in [0.4, 0.5) is 13.2 Å². The van der Waals surface area contributed by atoms with Crippen LogP contribution in [0.25, 0.3) is 0 Å². The van der Waals surface area contributed by atoms with Crippen molar-refractivity contribution in [3.63, 3.8) is 0 Å². The Morgan fingerprint density at radius 1 is 1.00 bits per heavy atom. The molecule has 0 saturated heterocycles. The van der Waals surface area contributed by atoms with Gasteiger partial charge in [-0.1, -0.05) is 24.3 Å². The number of nitrogens with two attached hydrogens (primary N) is 1. The van der Waals surface area contributed by atoms with E-state index >= 15 is 0 Å². The molecular formula is C23H22F3N3O3. The molecule has 6 nitrogen and oxygen atoms in total. The topological polar surface area (TPSA) is 86.5 Å². The first-order valence-corrected chi connectivity index (χ1v) is 9.79. The molecule has 1 aromatic heterocycles. The fraction of sp³-hybridized carbons (Fsp3) is 0.217. The van der Waals surface area contributed by atoms with Gasteiger partial charge in [-0.15, -0.1) is 13.2 Å². The molecule has 0 spiro atoms. The molecule has 0 aliphatic rings. The predicted octanol–water partition coefficient (Wildman–Crippen LogP) is 4.59. The molecule has 0 saturated carbocycles. The van der Waals surface area contributed by atoms with Gasteiger partial charge < -0.3 is 20.5 Å². The van der Waals surface area contributed by atoms with E-state index in [2.05, 4.69) is 15.0 Å². The molecule has 168 valence electrons. The molecule has 1 amide bonds. The zero-order chi connectivity index (χ0) is 23.1. The summed E-state index contributed by atoms with van der Waals surface area (Å²) in [6.45, 7) is 2.54. The first kappa shape index (κ1) is 23.1. The Hall–Kier alpha value is -3.59. The van der Waals surface area contributed by atoms with Crippen LogP contribution in [-0.2, 0) is 13.0 Å². The van der Waals surface area contributed by atoms with E-state index in [1.54, 1.807) is 24.3 Å². The highest BCUT2D eigenvalue weighted by atomic mass is 19.4. The van der Waals surface area contributed by atoms with Crippen LogP contribution in [-0.4, -0.2) is 23.3 Å². The number of carbonyl (C=O) groups excluding carboxylic acids is 1. The predicted molar refractivity (Wildman–Crippen MR) is 112 cm³/mol. The maximum absolute atomic E-state index is 12.2. The largest absolute Gasteiger partial charge is 0.573 e. The van der Waals surface area contributed by atoms with Crippen molar-refractivity contribution in [1.82, 2.24) is 10.3 Å². The van der Waals surface area contributed by atoms with Crippen molar-refractivity contribution < 1.29 is 27.4 Å². The van der Waals surface area contributed by atoms with Crippen LogP contribution in [0, 0.1) is 0 Å². The Balaban J connectivity index is 1.47. The number of nitrogens with one attached hydrogen (secondary N) is 1. The molecule has 0 aliphatic heterocycles. The molecule has 2 aromatic carbocycles. The SMILES string of the molecule is CC(Cc1ccc(Oc2ccc(C(N)=O)cn2)cc1)NCc1ccc(OC(F)(F)F)cc1. The molecule has 0 bridgehead atoms. The first-order chi connectivity index (χ1) is 15.2. The molecule has 3 N–H and O–H groups in total. The van der Waals surface area contributed by atoms with Crippen LogP contribution in [0.3, 0.4) is 0 Å². The van der Waals surface area contributed by atoms with Crippen molar-refractivity contribution in [2.24, 2.45) is 5.73 Å². The van der Waals surface area contributed by atoms with Crippen LogP contribution in [0.15, 0.2) is 66.9 Å². The zero-order valence-corrected chi connectivity index (χ0v) is 17.2. The van der Waals surface area contributed by atoms with E-state index in [-0.39, 0.29) is 11.8 Å². The Kier molecular flexibility index (Phi) is 7.32. The van der Waals surface area contributed by atoms with Gasteiger partial charge in [-0.25, -0.2) is 4.98 Å². The Labute approximate surface area is 183 Å². The summed E-state index contributed by atoms with van der Waals surface area (Å²) in [7, 11) is 0. The molecule has 3 aromatic rings. The van der Waals surface area contributed by atoms with Crippen LogP contribution >= 0.6 is 0 Å². The monoisotopic (exact) mass is 445 g/mol. The lowest BCUT2D eigenvalue weighted by Gasteiger charge is -2.15. The number of amides is 1. The summed E-state index contributed by atoms with van der Waals surface area (Å²) >= 11 is 0. The van der Waals surface area contributed by atoms with Gasteiger partial charge in [0, 0.05) is 24.8 Å². The van der Waals surface area contributed by atoms with Gasteiger partial charge in [0.1, 0.15) is 11.5 Å². The zero-order valence-electron chi connectivity index (χ0n) is 17.2. The number of nitrogens with zero attached hydrogens (tertiary/aromatic N) is 1. The molecule has 0 aliphatic carbocycles. The molecule has 1 heterocycles. The smallest absolute Gasteiger partial charge is 0.439 e. The number of pyridine rings is 1. The van der Waals surface area contributed by atoms with E-state index in [9.17, 15) is 18.0 Å². The van der Waals surface area contributed by atoms with Crippen LogP contribution in [0.2, 0.25) is 0 Å². The van der Waals surface area contributed by atoms with Crippen molar-refractivity contribution in [3.05, 3.63) is 83.6 Å². The number of aromatic nitrogens is 1. The van der Waals surface area contributed by atoms with Gasteiger partial charge in [-0.2, -0.15) is 0 Å². The summed E-state index contributed by atoms with van der Waals surface area (Å²) in [5.74, 6) is 0.165. The van der Waals surface area contributed by atoms with Crippen LogP contribution < -0.4 is 20.5 Å². The number of hydrogen-bond donors (Lipinski definition) is 2. The highest BCUT2D eigenvalue weighted by Gasteiger charge is 2.30. The van der Waals surface area contributed by atoms with Crippen molar-refractivity contribution in [1.29, 1.82) is 0 Å². The minimum atomic E-state index is -4.69. The first-order valence-electron chi connectivity index (χ1n) is 9.79. The summed E-state index contributed by atoms with van der Waals surface area (Å²) in [6, 6.07) is 16.6. The van der Waals surface area contributed by atoms with Crippen molar-refractivity contribution in [2.75, 3.05) is 0 Å². The van der Waals surface area contributed by atoms with E-state index in [1.807, 2.05) is 31.2 Å². The van der Waals surface area contributed by atoms with Crippen LogP contribution in [0.1, 0.15) is 28.4 Å². The van der Waals surface area contributed by atoms with E-state index in [0.717, 1.165) is 17.5 Å². The van der Waals surface area contributed by atoms with Gasteiger partial charge in [0.25, 0.3) is 0 Å². The second-order valence-electron chi connectivity index (χ2n) is 7.17. The second kappa shape index (κ2) is 10.1. The fourth-order valence-corrected chi connectivity index (χ4v) is 2.93. The van der Waals surface area contributed by atoms with Gasteiger partial charge in [0.15, 0.2) is 0 Å². The molecule has 9 heteroatoms. The normalized spacial score (nSPS) is 12.2. The third-order valence-corrected chi connectivity index (χ3v) is 4.52. The third-order valence-electron chi connectivity index (χ3n) is 4.52. The summed E-state index contributed by atoms with van der Waals surface area (Å²) in [6.07, 6.45) is -2.59. The van der Waals surface area contributed by atoms with Gasteiger partial charge in [0.05, 0.1) is 5.56 Å². The summed E-state index contributed by atoms with van der Waals surface area (Å²) in [5.41, 5.74) is 7.43. The van der Waals surface area contributed by atoms with Crippen LogP contribution in [0.5, 0.6) is 17.4 Å². The number of primary amides is 1. The quantitative estimate of drug-likeness (QED) is 0.503. The van der Waals surface area contributed by atoms with Gasteiger partial charge in [0.2, 0.25) is 11.8 Å². The highest BCUT2D eigenvalue weighted by Crippen LogP contribution is 2.23. The van der Waals surface area contributed by atoms with Gasteiger partial charge in [-0.3, -0.25) is 4.79 Å². The van der Waals surface area contributed by atoms with Gasteiger partial charge >= 0.3 is 6.36 Å². The number of hydrogen-bond acceptors (Lipinski definition) is 5. The van der Waals surface area contributed by atoms with Gasteiger partial charge in [-0.05, 0) is 54.8 Å². The minimum Gasteiger partial charge on any atom is -0.439 e.